The van der Waals surface area contributed by atoms with Crippen molar-refractivity contribution in [2.24, 2.45) is 7.05 Å². The number of furan rings is 1. The third kappa shape index (κ3) is 22.3. The number of anilines is 1. The Bertz CT molecular complexity index is 2480. The molecule has 0 spiro atoms. The van der Waals surface area contributed by atoms with Crippen LogP contribution in [0.3, 0.4) is 0 Å². The van der Waals surface area contributed by atoms with E-state index >= 15 is 0 Å². The Kier molecular flexibility index (Phi) is 29.4. The molecule has 28 heteroatoms. The number of hydrogen-bond donors (Lipinski definition) is 3. The van der Waals surface area contributed by atoms with Gasteiger partial charge in [0.15, 0.2) is 10.5 Å². The van der Waals surface area contributed by atoms with Crippen LogP contribution in [0.4, 0.5) is 23.2 Å². The van der Waals surface area contributed by atoms with Crippen LogP contribution in [0.1, 0.15) is 80.6 Å². The predicted octanol–water partition coefficient (Wildman–Crippen LogP) is 9.59. The zero-order chi connectivity index (χ0) is 57.1. The molecule has 17 nitrogen and oxygen atoms in total. The van der Waals surface area contributed by atoms with Gasteiger partial charge in [-0.15, -0.1) is 11.6 Å². The number of esters is 1. The van der Waals surface area contributed by atoms with Gasteiger partial charge in [-0.2, -0.15) is 18.3 Å². The molecule has 416 valence electrons. The van der Waals surface area contributed by atoms with E-state index in [1.165, 1.54) is 4.90 Å². The summed E-state index contributed by atoms with van der Waals surface area (Å²) in [5.74, 6) is -2.74. The van der Waals surface area contributed by atoms with Crippen molar-refractivity contribution in [3.63, 3.8) is 0 Å². The molecule has 2 aromatic carbocycles. The molecule has 3 N–H and O–H groups in total. The van der Waals surface area contributed by atoms with Gasteiger partial charge in [0.25, 0.3) is 5.91 Å². The van der Waals surface area contributed by atoms with Gasteiger partial charge in [-0.3, -0.25) is 29.3 Å². The van der Waals surface area contributed by atoms with Gasteiger partial charge in [-0.05, 0) is 103 Å². The summed E-state index contributed by atoms with van der Waals surface area (Å²) in [5.41, 5.74) is 0.641. The molecule has 1 aliphatic rings. The van der Waals surface area contributed by atoms with Crippen LogP contribution in [0.25, 0.3) is 11.3 Å². The number of aromatic nitrogens is 2. The summed E-state index contributed by atoms with van der Waals surface area (Å²) in [6, 6.07) is 11.6. The fraction of sp³-hybridized carbons (Fsp3) is 0.500. The summed E-state index contributed by atoms with van der Waals surface area (Å²) in [7, 11) is -1.05. The van der Waals surface area contributed by atoms with Gasteiger partial charge in [-0.1, -0.05) is 66.8 Å². The normalized spacial score (nSPS) is 14.6. The second-order valence-electron chi connectivity index (χ2n) is 16.6. The van der Waals surface area contributed by atoms with Crippen molar-refractivity contribution in [1.82, 2.24) is 20.0 Å². The molecule has 1 fully saturated rings. The van der Waals surface area contributed by atoms with E-state index in [0.717, 1.165) is 48.8 Å². The summed E-state index contributed by atoms with van der Waals surface area (Å²) < 4.78 is 84.7. The van der Waals surface area contributed by atoms with E-state index in [0.29, 0.717) is 27.9 Å². The predicted molar refractivity (Wildman–Crippen MR) is 281 cm³/mol. The molecule has 4 aromatic rings. The van der Waals surface area contributed by atoms with Crippen molar-refractivity contribution in [2.45, 2.75) is 83.3 Å². The van der Waals surface area contributed by atoms with Crippen molar-refractivity contribution in [2.75, 3.05) is 62.8 Å². The van der Waals surface area contributed by atoms with Gasteiger partial charge in [0.05, 0.1) is 71.3 Å². The first-order chi connectivity index (χ1) is 34.2. The van der Waals surface area contributed by atoms with E-state index in [1.54, 1.807) is 52.0 Å². The SMILES string of the molecule is CC(C)OC(=O)c1cc(-c2nn(C)c(C(F)(F)F)c2Br)c(F)cc1Cl.CC1(C)OC(c2ccco2)CN1C(=O)C(Cl)Cl.CCc1cccc(CC)c1N(COC)C(=O)CCl.C[S+](C)C.O=C(O)CNCP(=O)([O-])O. The van der Waals surface area contributed by atoms with Crippen molar-refractivity contribution in [1.29, 1.82) is 0 Å². The number of alkyl halides is 6. The van der Waals surface area contributed by atoms with Gasteiger partial charge >= 0.3 is 18.1 Å². The van der Waals surface area contributed by atoms with Gasteiger partial charge in [0.1, 0.15) is 49.3 Å². The number of hydrogen-bond acceptors (Lipinski definition) is 12. The second kappa shape index (κ2) is 31.7. The summed E-state index contributed by atoms with van der Waals surface area (Å²) in [4.78, 5) is 65.7. The fourth-order valence-electron chi connectivity index (χ4n) is 6.40. The number of halogens is 9. The highest BCUT2D eigenvalue weighted by atomic mass is 79.9. The number of rotatable bonds is 15. The largest absolute Gasteiger partial charge is 0.778 e. The Morgan fingerprint density at radius 3 is 2.08 bits per heavy atom. The Morgan fingerprint density at radius 2 is 1.66 bits per heavy atom. The Hall–Kier alpha value is -3.45. The van der Waals surface area contributed by atoms with E-state index in [9.17, 15) is 46.2 Å². The van der Waals surface area contributed by atoms with E-state index in [2.05, 4.69) is 53.6 Å². The Morgan fingerprint density at radius 1 is 1.09 bits per heavy atom. The highest BCUT2D eigenvalue weighted by molar-refractivity contribution is 9.10. The molecule has 0 saturated carbocycles. The molecule has 3 heterocycles. The lowest BCUT2D eigenvalue weighted by atomic mass is 10.0. The van der Waals surface area contributed by atoms with E-state index in [1.807, 2.05) is 29.6 Å². The first kappa shape index (κ1) is 68.6. The maximum Gasteiger partial charge on any atom is 0.434 e. The lowest BCUT2D eigenvalue weighted by Crippen LogP contribution is -2.45. The number of carbonyl (C=O) groups excluding carboxylic acids is 3. The highest BCUT2D eigenvalue weighted by Gasteiger charge is 2.45. The first-order valence-corrected chi connectivity index (χ1v) is 28.7. The number of carboxylic acids is 1. The number of methoxy groups -OCH3 is 1. The van der Waals surface area contributed by atoms with E-state index in [4.69, 9.17) is 75.0 Å². The molecule has 2 amide bonds. The molecule has 1 aliphatic heterocycles. The average Bonchev–Trinajstić information content (AvgIpc) is 4.01. The molecule has 74 heavy (non-hydrogen) atoms. The quantitative estimate of drug-likeness (QED) is 0.0252. The zero-order valence-corrected chi connectivity index (χ0v) is 48.6. The number of nitrogens with one attached hydrogen (secondary N) is 1. The van der Waals surface area contributed by atoms with Crippen LogP contribution in [0, 0.1) is 5.82 Å². The van der Waals surface area contributed by atoms with Crippen molar-refractivity contribution < 1.29 is 74.8 Å². The molecular weight excluding hydrogens is 1180 g/mol. The average molecular weight is 1240 g/mol. The first-order valence-electron chi connectivity index (χ1n) is 21.9. The van der Waals surface area contributed by atoms with Crippen LogP contribution in [0.2, 0.25) is 5.02 Å². The molecule has 2 aromatic heterocycles. The summed E-state index contributed by atoms with van der Waals surface area (Å²) in [5, 5.41) is 13.5. The maximum atomic E-state index is 14.3. The number of carbonyl (C=O) groups is 4. The summed E-state index contributed by atoms with van der Waals surface area (Å²) in [6.07, 6.45) is 3.77. The third-order valence-corrected chi connectivity index (χ3v) is 11.7. The fourth-order valence-corrected chi connectivity index (χ4v) is 8.18. The minimum atomic E-state index is -4.69. The Balaban J connectivity index is 0.000000500. The highest BCUT2D eigenvalue weighted by Crippen LogP contribution is 2.41. The van der Waals surface area contributed by atoms with Gasteiger partial charge in [-0.25, -0.2) is 9.18 Å². The number of ether oxygens (including phenoxy) is 3. The van der Waals surface area contributed by atoms with Crippen molar-refractivity contribution in [3.05, 3.63) is 92.2 Å². The smallest absolute Gasteiger partial charge is 0.434 e. The monoisotopic (exact) mass is 1230 g/mol. The molecule has 5 rings (SSSR count). The van der Waals surface area contributed by atoms with Crippen LogP contribution >= 0.6 is 69.9 Å². The van der Waals surface area contributed by atoms with Crippen molar-refractivity contribution in [3.8, 4) is 11.3 Å². The number of amides is 2. The van der Waals surface area contributed by atoms with Crippen LogP contribution in [0.15, 0.2) is 57.6 Å². The van der Waals surface area contributed by atoms with Gasteiger partial charge < -0.3 is 43.0 Å². The second-order valence-corrected chi connectivity index (χ2v) is 23.2. The topological polar surface area (TPSA) is 226 Å². The van der Waals surface area contributed by atoms with Gasteiger partial charge in [0, 0.05) is 19.7 Å². The number of benzene rings is 2. The van der Waals surface area contributed by atoms with Gasteiger partial charge in [0.2, 0.25) is 5.91 Å². The molecule has 0 bridgehead atoms. The molecular formula is C46H61BrCl4F4N5O12PS. The number of aliphatic carboxylic acids is 1. The van der Waals surface area contributed by atoms with Crippen LogP contribution in [-0.2, 0) is 70.1 Å². The third-order valence-electron chi connectivity index (χ3n) is 9.37. The van der Waals surface area contributed by atoms with Crippen LogP contribution < -0.4 is 15.1 Å². The molecule has 0 aliphatic carbocycles. The number of para-hydroxylation sites is 1. The minimum Gasteiger partial charge on any atom is -0.778 e. The Labute approximate surface area is 459 Å². The maximum absolute atomic E-state index is 14.3. The standard InChI is InChI=1S/C15H12BrClF4N2O2.C14H20ClNO2.C11H13Cl2NO3.C3H8NO5P.C3H9S/c1-6(2)25-14(24)7-4-8(10(18)5-9(7)17)12-11(16)13(15(19,20)21)23(3)22-12;1-4-11-7-6-8-12(5-2)14(11)16(10-18-3)13(17)9-15;1-11(2)14(10(15)9(12)13)6-8(17-11)7-4-3-5-16-7;5-3(6)1-4-2-10(7,8)9;1-4(2)3/h4-6H,1-3H3;6-8H,4-5,9-10H2,1-3H3;3-5,8-9H,6H2,1-2H3;4H,1-2H2,(H,5,6)(H2,7,8,9);1-3H3/q;;;;+1/p-1. The summed E-state index contributed by atoms with van der Waals surface area (Å²) in [6.45, 7) is 11.1. The van der Waals surface area contributed by atoms with Crippen molar-refractivity contribution >= 4 is 110 Å². The minimum absolute atomic E-state index is 0.0371. The molecule has 0 radical (unpaired) electrons. The number of nitrogens with zero attached hydrogens (tertiary/aromatic N) is 4. The molecule has 1 saturated heterocycles. The van der Waals surface area contributed by atoms with Crippen LogP contribution in [0.5, 0.6) is 0 Å². The lowest BCUT2D eigenvalue weighted by molar-refractivity contribution is -0.193. The van der Waals surface area contributed by atoms with E-state index < -0.39 is 71.2 Å². The molecule has 2 unspecified atom stereocenters. The lowest BCUT2D eigenvalue weighted by Gasteiger charge is -2.29. The zero-order valence-electron chi connectivity index (χ0n) is 42.3. The number of carboxylic acid groups (broad SMARTS) is 1. The molecule has 2 atom stereocenters. The van der Waals surface area contributed by atoms with E-state index in [-0.39, 0.29) is 52.4 Å². The van der Waals surface area contributed by atoms with Crippen LogP contribution in [-0.4, -0.2) is 123 Å². The summed E-state index contributed by atoms with van der Waals surface area (Å²) >= 11 is 25.6. The number of aryl methyl sites for hydroxylation is 3.